The van der Waals surface area contributed by atoms with E-state index in [1.54, 1.807) is 36.4 Å². The van der Waals surface area contributed by atoms with Gasteiger partial charge < -0.3 is 15.8 Å². The minimum absolute atomic E-state index is 0.213. The third-order valence-corrected chi connectivity index (χ3v) is 3.66. The number of benzene rings is 2. The summed E-state index contributed by atoms with van der Waals surface area (Å²) in [6, 6.07) is 11.9. The van der Waals surface area contributed by atoms with Gasteiger partial charge >= 0.3 is 5.97 Å². The first-order valence-electron chi connectivity index (χ1n) is 6.23. The van der Waals surface area contributed by atoms with Crippen LogP contribution in [0.4, 0.5) is 11.4 Å². The molecular formula is C15H12Br2N2O3. The van der Waals surface area contributed by atoms with Crippen LogP contribution >= 0.6 is 31.9 Å². The molecule has 2 aromatic rings. The smallest absolute Gasteiger partial charge is 0.340 e. The van der Waals surface area contributed by atoms with Crippen molar-refractivity contribution < 1.29 is 14.3 Å². The average Bonchev–Trinajstić information content (AvgIpc) is 2.47. The number of amides is 1. The van der Waals surface area contributed by atoms with E-state index in [1.165, 1.54) is 0 Å². The third-order valence-electron chi connectivity index (χ3n) is 2.68. The molecule has 22 heavy (non-hydrogen) atoms. The van der Waals surface area contributed by atoms with E-state index in [2.05, 4.69) is 37.2 Å². The Bertz CT molecular complexity index is 720. The lowest BCUT2D eigenvalue weighted by molar-refractivity contribution is -0.119. The SMILES string of the molecule is Nc1ccc(Br)cc1C(=O)OCC(=O)Nc1cccc(Br)c1. The van der Waals surface area contributed by atoms with Gasteiger partial charge in [-0.2, -0.15) is 0 Å². The number of carbonyl (C=O) groups is 2. The summed E-state index contributed by atoms with van der Waals surface area (Å²) < 4.78 is 6.50. The minimum Gasteiger partial charge on any atom is -0.452 e. The van der Waals surface area contributed by atoms with Crippen LogP contribution in [0.2, 0.25) is 0 Å². The molecule has 0 saturated heterocycles. The Balaban J connectivity index is 1.93. The molecule has 0 aliphatic rings. The second-order valence-corrected chi connectivity index (χ2v) is 6.20. The van der Waals surface area contributed by atoms with Crippen molar-refractivity contribution in [1.82, 2.24) is 0 Å². The van der Waals surface area contributed by atoms with Gasteiger partial charge in [0, 0.05) is 20.3 Å². The van der Waals surface area contributed by atoms with Gasteiger partial charge in [0.25, 0.3) is 5.91 Å². The van der Waals surface area contributed by atoms with Gasteiger partial charge in [0.2, 0.25) is 0 Å². The zero-order chi connectivity index (χ0) is 16.1. The van der Waals surface area contributed by atoms with Crippen molar-refractivity contribution in [1.29, 1.82) is 0 Å². The topological polar surface area (TPSA) is 81.4 Å². The Kier molecular flexibility index (Phi) is 5.57. The first-order valence-corrected chi connectivity index (χ1v) is 7.82. The van der Waals surface area contributed by atoms with Gasteiger partial charge in [0.1, 0.15) is 0 Å². The number of ether oxygens (including phenoxy) is 1. The van der Waals surface area contributed by atoms with Crippen molar-refractivity contribution in [3.05, 3.63) is 57.0 Å². The van der Waals surface area contributed by atoms with E-state index in [0.717, 1.165) is 4.47 Å². The van der Waals surface area contributed by atoms with E-state index in [-0.39, 0.29) is 5.56 Å². The highest BCUT2D eigenvalue weighted by Gasteiger charge is 2.14. The van der Waals surface area contributed by atoms with Gasteiger partial charge in [-0.15, -0.1) is 0 Å². The standard InChI is InChI=1S/C15H12Br2N2O3/c16-9-2-1-3-11(6-9)19-14(20)8-22-15(21)12-7-10(17)4-5-13(12)18/h1-7H,8,18H2,(H,19,20). The summed E-state index contributed by atoms with van der Waals surface area (Å²) in [6.07, 6.45) is 0. The van der Waals surface area contributed by atoms with Gasteiger partial charge in [0.15, 0.2) is 6.61 Å². The van der Waals surface area contributed by atoms with Gasteiger partial charge in [0.05, 0.1) is 5.56 Å². The number of rotatable bonds is 4. The van der Waals surface area contributed by atoms with Crippen LogP contribution in [0.15, 0.2) is 51.4 Å². The van der Waals surface area contributed by atoms with Crippen LogP contribution in [-0.2, 0) is 9.53 Å². The number of anilines is 2. The number of hydrogen-bond acceptors (Lipinski definition) is 4. The second kappa shape index (κ2) is 7.42. The van der Waals surface area contributed by atoms with Crippen molar-refractivity contribution in [2.24, 2.45) is 0 Å². The minimum atomic E-state index is -0.650. The van der Waals surface area contributed by atoms with Crippen LogP contribution in [-0.4, -0.2) is 18.5 Å². The van der Waals surface area contributed by atoms with Crippen LogP contribution in [0.25, 0.3) is 0 Å². The van der Waals surface area contributed by atoms with E-state index in [4.69, 9.17) is 10.5 Å². The maximum absolute atomic E-state index is 11.9. The number of carbonyl (C=O) groups excluding carboxylic acids is 2. The molecule has 2 aromatic carbocycles. The van der Waals surface area contributed by atoms with Crippen molar-refractivity contribution in [2.75, 3.05) is 17.7 Å². The van der Waals surface area contributed by atoms with E-state index < -0.39 is 18.5 Å². The number of nitrogens with one attached hydrogen (secondary N) is 1. The Morgan fingerprint density at radius 2 is 1.82 bits per heavy atom. The normalized spacial score (nSPS) is 10.1. The molecule has 0 unspecified atom stereocenters. The highest BCUT2D eigenvalue weighted by Crippen LogP contribution is 2.19. The molecule has 0 bridgehead atoms. The summed E-state index contributed by atoms with van der Waals surface area (Å²) in [4.78, 5) is 23.7. The molecule has 3 N–H and O–H groups in total. The molecule has 5 nitrogen and oxygen atoms in total. The number of esters is 1. The Hall–Kier alpha value is -1.86. The number of nitrogen functional groups attached to an aromatic ring is 1. The summed E-state index contributed by atoms with van der Waals surface area (Å²) >= 11 is 6.55. The molecule has 0 aliphatic heterocycles. The summed E-state index contributed by atoms with van der Waals surface area (Å²) in [7, 11) is 0. The molecule has 0 aromatic heterocycles. The molecule has 2 rings (SSSR count). The number of nitrogens with two attached hydrogens (primary N) is 1. The van der Waals surface area contributed by atoms with Crippen LogP contribution in [0, 0.1) is 0 Å². The van der Waals surface area contributed by atoms with Gasteiger partial charge in [-0.25, -0.2) is 4.79 Å². The summed E-state index contributed by atoms with van der Waals surface area (Å²) in [5, 5.41) is 2.63. The van der Waals surface area contributed by atoms with Crippen molar-refractivity contribution in [2.45, 2.75) is 0 Å². The Morgan fingerprint density at radius 3 is 2.55 bits per heavy atom. The predicted octanol–water partition coefficient (Wildman–Crippen LogP) is 3.59. The fraction of sp³-hybridized carbons (Fsp3) is 0.0667. The maximum atomic E-state index is 11.9. The van der Waals surface area contributed by atoms with Gasteiger partial charge in [-0.3, -0.25) is 4.79 Å². The van der Waals surface area contributed by atoms with Crippen LogP contribution in [0.5, 0.6) is 0 Å². The van der Waals surface area contributed by atoms with Gasteiger partial charge in [-0.05, 0) is 36.4 Å². The first-order chi connectivity index (χ1) is 10.5. The zero-order valence-corrected chi connectivity index (χ0v) is 14.5. The molecule has 7 heteroatoms. The zero-order valence-electron chi connectivity index (χ0n) is 11.3. The highest BCUT2D eigenvalue weighted by atomic mass is 79.9. The summed E-state index contributed by atoms with van der Waals surface area (Å²) in [6.45, 7) is -0.392. The number of halogens is 2. The van der Waals surface area contributed by atoms with Crippen molar-refractivity contribution >= 4 is 55.1 Å². The van der Waals surface area contributed by atoms with Crippen LogP contribution in [0.3, 0.4) is 0 Å². The average molecular weight is 428 g/mol. The molecule has 0 atom stereocenters. The maximum Gasteiger partial charge on any atom is 0.340 e. The summed E-state index contributed by atoms with van der Waals surface area (Å²) in [5.41, 5.74) is 6.82. The predicted molar refractivity (Wildman–Crippen MR) is 91.6 cm³/mol. The molecule has 0 spiro atoms. The molecule has 0 fully saturated rings. The highest BCUT2D eigenvalue weighted by molar-refractivity contribution is 9.10. The van der Waals surface area contributed by atoms with E-state index in [9.17, 15) is 9.59 Å². The van der Waals surface area contributed by atoms with Gasteiger partial charge in [-0.1, -0.05) is 37.9 Å². The molecule has 0 heterocycles. The number of hydrogen-bond donors (Lipinski definition) is 2. The monoisotopic (exact) mass is 426 g/mol. The molecule has 1 amide bonds. The lowest BCUT2D eigenvalue weighted by Crippen LogP contribution is -2.21. The largest absolute Gasteiger partial charge is 0.452 e. The van der Waals surface area contributed by atoms with Crippen LogP contribution in [0.1, 0.15) is 10.4 Å². The molecule has 0 aliphatic carbocycles. The fourth-order valence-corrected chi connectivity index (χ4v) is 2.44. The molecule has 114 valence electrons. The molecule has 0 radical (unpaired) electrons. The second-order valence-electron chi connectivity index (χ2n) is 4.37. The van der Waals surface area contributed by atoms with E-state index in [0.29, 0.717) is 15.8 Å². The van der Waals surface area contributed by atoms with Crippen LogP contribution < -0.4 is 11.1 Å². The van der Waals surface area contributed by atoms with Crippen molar-refractivity contribution in [3.8, 4) is 0 Å². The van der Waals surface area contributed by atoms with Crippen molar-refractivity contribution in [3.63, 3.8) is 0 Å². The first kappa shape index (κ1) is 16.5. The lowest BCUT2D eigenvalue weighted by Gasteiger charge is -2.08. The lowest BCUT2D eigenvalue weighted by atomic mass is 10.2. The Labute approximate surface area is 144 Å². The molecular weight excluding hydrogens is 416 g/mol. The Morgan fingerprint density at radius 1 is 1.09 bits per heavy atom. The van der Waals surface area contributed by atoms with E-state index >= 15 is 0 Å². The quantitative estimate of drug-likeness (QED) is 0.577. The summed E-state index contributed by atoms with van der Waals surface area (Å²) in [5.74, 6) is -1.08. The third kappa shape index (κ3) is 4.57. The molecule has 0 saturated carbocycles. The van der Waals surface area contributed by atoms with E-state index in [1.807, 2.05) is 6.07 Å². The fourth-order valence-electron chi connectivity index (χ4n) is 1.68.